The molecule has 1 heterocycles. The van der Waals surface area contributed by atoms with Gasteiger partial charge in [0.25, 0.3) is 0 Å². The Balaban J connectivity index is 1.53. The van der Waals surface area contributed by atoms with E-state index >= 15 is 0 Å². The highest BCUT2D eigenvalue weighted by Crippen LogP contribution is 2.21. The average Bonchev–Trinajstić information content (AvgIpc) is 3.12. The molecule has 126 valence electrons. The number of carbonyl (C=O) groups excluding carboxylic acids is 1. The van der Waals surface area contributed by atoms with E-state index in [2.05, 4.69) is 66.1 Å². The molecule has 0 bridgehead atoms. The zero-order chi connectivity index (χ0) is 16.8. The Morgan fingerprint density at radius 2 is 1.96 bits per heavy atom. The minimum atomic E-state index is 0.155. The molecule has 0 saturated carbocycles. The van der Waals surface area contributed by atoms with Gasteiger partial charge in [-0.3, -0.25) is 4.79 Å². The van der Waals surface area contributed by atoms with Crippen LogP contribution in [0.3, 0.4) is 0 Å². The van der Waals surface area contributed by atoms with Crippen LogP contribution in [0.4, 0.5) is 0 Å². The van der Waals surface area contributed by atoms with E-state index in [9.17, 15) is 4.79 Å². The van der Waals surface area contributed by atoms with Gasteiger partial charge in [0, 0.05) is 13.0 Å². The Labute approximate surface area is 144 Å². The van der Waals surface area contributed by atoms with Gasteiger partial charge in [0.1, 0.15) is 0 Å². The van der Waals surface area contributed by atoms with Gasteiger partial charge in [-0.05, 0) is 61.5 Å². The third-order valence-electron chi connectivity index (χ3n) is 4.71. The maximum atomic E-state index is 12.0. The molecule has 1 amide bonds. The van der Waals surface area contributed by atoms with Crippen LogP contribution in [0.25, 0.3) is 11.1 Å². The summed E-state index contributed by atoms with van der Waals surface area (Å²) in [6, 6.07) is 16.9. The number of aryl methyl sites for hydroxylation is 1. The molecule has 2 aromatic carbocycles. The van der Waals surface area contributed by atoms with Crippen LogP contribution in [0.15, 0.2) is 48.5 Å². The number of amides is 1. The van der Waals surface area contributed by atoms with Crippen LogP contribution in [0, 0.1) is 12.8 Å². The van der Waals surface area contributed by atoms with Gasteiger partial charge in [0.15, 0.2) is 0 Å². The minimum Gasteiger partial charge on any atom is -0.352 e. The molecule has 0 aliphatic carbocycles. The lowest BCUT2D eigenvalue weighted by atomic mass is 10.0. The number of benzene rings is 2. The standard InChI is InChI=1S/C21H26N2O/c1-16-4-2-6-19(12-16)20-7-3-5-18(13-20)15-23-21(24)9-8-17-10-11-22-14-17/h2-7,12-13,17,22H,8-11,14-15H2,1H3,(H,23,24). The highest BCUT2D eigenvalue weighted by atomic mass is 16.1. The number of hydrogen-bond donors (Lipinski definition) is 2. The van der Waals surface area contributed by atoms with Crippen molar-refractivity contribution in [3.05, 3.63) is 59.7 Å². The van der Waals surface area contributed by atoms with Crippen molar-refractivity contribution < 1.29 is 4.79 Å². The summed E-state index contributed by atoms with van der Waals surface area (Å²) in [5.41, 5.74) is 4.82. The summed E-state index contributed by atoms with van der Waals surface area (Å²) in [6.07, 6.45) is 2.82. The zero-order valence-electron chi connectivity index (χ0n) is 14.3. The summed E-state index contributed by atoms with van der Waals surface area (Å²) < 4.78 is 0. The Morgan fingerprint density at radius 1 is 1.17 bits per heavy atom. The summed E-state index contributed by atoms with van der Waals surface area (Å²) in [7, 11) is 0. The molecule has 1 saturated heterocycles. The summed E-state index contributed by atoms with van der Waals surface area (Å²) in [4.78, 5) is 12.0. The highest BCUT2D eigenvalue weighted by molar-refractivity contribution is 5.76. The molecule has 0 spiro atoms. The summed E-state index contributed by atoms with van der Waals surface area (Å²) in [5, 5.41) is 6.40. The van der Waals surface area contributed by atoms with E-state index in [-0.39, 0.29) is 5.91 Å². The Kier molecular flexibility index (Phi) is 5.65. The summed E-state index contributed by atoms with van der Waals surface area (Å²) in [6.45, 7) is 4.86. The molecule has 1 aliphatic heterocycles. The molecule has 1 atom stereocenters. The monoisotopic (exact) mass is 322 g/mol. The topological polar surface area (TPSA) is 41.1 Å². The van der Waals surface area contributed by atoms with E-state index in [4.69, 9.17) is 0 Å². The fraction of sp³-hybridized carbons (Fsp3) is 0.381. The normalized spacial score (nSPS) is 17.0. The first kappa shape index (κ1) is 16.7. The van der Waals surface area contributed by atoms with E-state index in [0.29, 0.717) is 18.9 Å². The largest absolute Gasteiger partial charge is 0.352 e. The second kappa shape index (κ2) is 8.11. The Hall–Kier alpha value is -2.13. The first-order valence-corrected chi connectivity index (χ1v) is 8.84. The molecule has 3 nitrogen and oxygen atoms in total. The first-order valence-electron chi connectivity index (χ1n) is 8.84. The smallest absolute Gasteiger partial charge is 0.220 e. The van der Waals surface area contributed by atoms with E-state index in [1.54, 1.807) is 0 Å². The van der Waals surface area contributed by atoms with Crippen LogP contribution >= 0.6 is 0 Å². The van der Waals surface area contributed by atoms with Crippen LogP contribution in [-0.2, 0) is 11.3 Å². The molecular weight excluding hydrogens is 296 g/mol. The average molecular weight is 322 g/mol. The first-order chi connectivity index (χ1) is 11.7. The molecule has 2 aromatic rings. The van der Waals surface area contributed by atoms with Gasteiger partial charge in [-0.15, -0.1) is 0 Å². The second-order valence-corrected chi connectivity index (χ2v) is 6.74. The van der Waals surface area contributed by atoms with Gasteiger partial charge in [0.05, 0.1) is 0 Å². The number of nitrogens with one attached hydrogen (secondary N) is 2. The van der Waals surface area contributed by atoms with E-state index in [1.807, 2.05) is 0 Å². The molecule has 2 N–H and O–H groups in total. The van der Waals surface area contributed by atoms with Crippen LogP contribution in [-0.4, -0.2) is 19.0 Å². The quantitative estimate of drug-likeness (QED) is 0.852. The van der Waals surface area contributed by atoms with Crippen molar-refractivity contribution in [1.82, 2.24) is 10.6 Å². The highest BCUT2D eigenvalue weighted by Gasteiger charge is 2.15. The zero-order valence-corrected chi connectivity index (χ0v) is 14.3. The molecule has 1 unspecified atom stereocenters. The van der Waals surface area contributed by atoms with Crippen molar-refractivity contribution in [3.8, 4) is 11.1 Å². The predicted molar refractivity (Wildman–Crippen MR) is 98.7 cm³/mol. The molecule has 1 fully saturated rings. The van der Waals surface area contributed by atoms with Gasteiger partial charge in [0.2, 0.25) is 5.91 Å². The van der Waals surface area contributed by atoms with Crippen molar-refractivity contribution in [1.29, 1.82) is 0 Å². The fourth-order valence-corrected chi connectivity index (χ4v) is 3.27. The SMILES string of the molecule is Cc1cccc(-c2cccc(CNC(=O)CCC3CCNC3)c2)c1. The van der Waals surface area contributed by atoms with E-state index in [0.717, 1.165) is 25.1 Å². The van der Waals surface area contributed by atoms with Crippen LogP contribution in [0.5, 0.6) is 0 Å². The van der Waals surface area contributed by atoms with E-state index < -0.39 is 0 Å². The maximum absolute atomic E-state index is 12.0. The lowest BCUT2D eigenvalue weighted by molar-refractivity contribution is -0.121. The number of carbonyl (C=O) groups is 1. The number of rotatable bonds is 6. The Bertz CT molecular complexity index is 690. The van der Waals surface area contributed by atoms with Crippen LogP contribution in [0.1, 0.15) is 30.4 Å². The lowest BCUT2D eigenvalue weighted by Gasteiger charge is -2.10. The summed E-state index contributed by atoms with van der Waals surface area (Å²) >= 11 is 0. The molecule has 0 aromatic heterocycles. The summed E-state index contributed by atoms with van der Waals surface area (Å²) in [5.74, 6) is 0.822. The maximum Gasteiger partial charge on any atom is 0.220 e. The molecule has 0 radical (unpaired) electrons. The third-order valence-corrected chi connectivity index (χ3v) is 4.71. The molecule has 1 aliphatic rings. The van der Waals surface area contributed by atoms with Gasteiger partial charge < -0.3 is 10.6 Å². The number of hydrogen-bond acceptors (Lipinski definition) is 2. The molecule has 3 rings (SSSR count). The lowest BCUT2D eigenvalue weighted by Crippen LogP contribution is -2.23. The van der Waals surface area contributed by atoms with Gasteiger partial charge in [-0.25, -0.2) is 0 Å². The molecule has 3 heteroatoms. The van der Waals surface area contributed by atoms with Gasteiger partial charge >= 0.3 is 0 Å². The van der Waals surface area contributed by atoms with Crippen molar-refractivity contribution in [2.75, 3.05) is 13.1 Å². The Morgan fingerprint density at radius 3 is 2.71 bits per heavy atom. The van der Waals surface area contributed by atoms with E-state index in [1.165, 1.54) is 23.1 Å². The van der Waals surface area contributed by atoms with Crippen molar-refractivity contribution in [3.63, 3.8) is 0 Å². The molecule has 24 heavy (non-hydrogen) atoms. The fourth-order valence-electron chi connectivity index (χ4n) is 3.27. The second-order valence-electron chi connectivity index (χ2n) is 6.74. The van der Waals surface area contributed by atoms with Crippen molar-refractivity contribution in [2.45, 2.75) is 32.7 Å². The molecular formula is C21H26N2O. The predicted octanol–water partition coefficient (Wildman–Crippen LogP) is 3.67. The van der Waals surface area contributed by atoms with Gasteiger partial charge in [-0.2, -0.15) is 0 Å². The van der Waals surface area contributed by atoms with Crippen molar-refractivity contribution >= 4 is 5.91 Å². The van der Waals surface area contributed by atoms with Crippen molar-refractivity contribution in [2.24, 2.45) is 5.92 Å². The minimum absolute atomic E-state index is 0.155. The van der Waals surface area contributed by atoms with Crippen LogP contribution in [0.2, 0.25) is 0 Å². The van der Waals surface area contributed by atoms with Crippen LogP contribution < -0.4 is 10.6 Å². The third kappa shape index (κ3) is 4.68. The van der Waals surface area contributed by atoms with Gasteiger partial charge in [-0.1, -0.05) is 48.0 Å².